The molecule has 2 aromatic heterocycles. The van der Waals surface area contributed by atoms with Gasteiger partial charge in [0.1, 0.15) is 10.6 Å². The number of methoxy groups -OCH3 is 1. The fourth-order valence-electron chi connectivity index (χ4n) is 4.38. The molecule has 4 rings (SSSR count). The van der Waals surface area contributed by atoms with E-state index in [1.807, 2.05) is 36.4 Å². The smallest absolute Gasteiger partial charge is 0.270 e. The van der Waals surface area contributed by atoms with E-state index in [2.05, 4.69) is 18.8 Å². The minimum Gasteiger partial charge on any atom is -0.496 e. The predicted molar refractivity (Wildman–Crippen MR) is 125 cm³/mol. The molecule has 0 aliphatic carbocycles. The fourth-order valence-corrected chi connectivity index (χ4v) is 5.90. The summed E-state index contributed by atoms with van der Waals surface area (Å²) in [7, 11) is -2.15. The van der Waals surface area contributed by atoms with Crippen molar-refractivity contribution in [1.29, 1.82) is 0 Å². The van der Waals surface area contributed by atoms with Crippen LogP contribution in [0.25, 0.3) is 21.8 Å². The van der Waals surface area contributed by atoms with Gasteiger partial charge in [-0.2, -0.15) is 0 Å². The van der Waals surface area contributed by atoms with Crippen molar-refractivity contribution in [1.82, 2.24) is 8.96 Å². The van der Waals surface area contributed by atoms with Crippen LogP contribution in [0.5, 0.6) is 5.75 Å². The van der Waals surface area contributed by atoms with Crippen molar-refractivity contribution in [2.45, 2.75) is 44.4 Å². The number of pyridine rings is 1. The lowest BCUT2D eigenvalue weighted by atomic mass is 9.91. The molecule has 0 aliphatic heterocycles. The van der Waals surface area contributed by atoms with Crippen molar-refractivity contribution >= 4 is 31.8 Å². The van der Waals surface area contributed by atoms with Crippen LogP contribution < -0.4 is 4.74 Å². The van der Waals surface area contributed by atoms with Crippen LogP contribution in [0.2, 0.25) is 0 Å². The summed E-state index contributed by atoms with van der Waals surface area (Å²) < 4.78 is 34.3. The first-order valence-electron chi connectivity index (χ1n) is 10.8. The van der Waals surface area contributed by atoms with Crippen LogP contribution >= 0.6 is 0 Å². The maximum absolute atomic E-state index is 13.7. The highest BCUT2D eigenvalue weighted by atomic mass is 32.2. The second-order valence-electron chi connectivity index (χ2n) is 7.89. The lowest BCUT2D eigenvalue weighted by Crippen LogP contribution is -2.13. The number of nitrogens with zero attached hydrogens (tertiary/aromatic N) is 2. The van der Waals surface area contributed by atoms with Gasteiger partial charge in [0, 0.05) is 28.7 Å². The Morgan fingerprint density at radius 1 is 1.06 bits per heavy atom. The number of rotatable bonds is 8. The normalized spacial score (nSPS) is 13.0. The van der Waals surface area contributed by atoms with Crippen molar-refractivity contribution in [3.05, 3.63) is 66.5 Å². The molecule has 4 aromatic rings. The molecule has 2 heterocycles. The van der Waals surface area contributed by atoms with Crippen LogP contribution in [0.15, 0.2) is 65.8 Å². The van der Waals surface area contributed by atoms with Crippen LogP contribution in [-0.4, -0.2) is 24.5 Å². The minimum absolute atomic E-state index is 0.206. The van der Waals surface area contributed by atoms with Crippen LogP contribution in [0.3, 0.4) is 0 Å². The maximum Gasteiger partial charge on any atom is 0.270 e. The monoisotopic (exact) mass is 436 g/mol. The molecule has 0 radical (unpaired) electrons. The Bertz CT molecular complexity index is 1320. The van der Waals surface area contributed by atoms with Crippen molar-refractivity contribution in [2.75, 3.05) is 7.11 Å². The molecule has 1 unspecified atom stereocenters. The Morgan fingerprint density at radius 2 is 1.87 bits per heavy atom. The Morgan fingerprint density at radius 3 is 2.61 bits per heavy atom. The second-order valence-corrected chi connectivity index (χ2v) is 9.68. The zero-order chi connectivity index (χ0) is 22.0. The molecule has 6 heteroatoms. The van der Waals surface area contributed by atoms with Crippen LogP contribution in [0.4, 0.5) is 0 Å². The summed E-state index contributed by atoms with van der Waals surface area (Å²) in [6, 6.07) is 14.5. The number of aromatic nitrogens is 2. The number of ether oxygens (including phenoxy) is 1. The predicted octanol–water partition coefficient (Wildman–Crippen LogP) is 5.80. The van der Waals surface area contributed by atoms with E-state index < -0.39 is 10.0 Å². The zero-order valence-corrected chi connectivity index (χ0v) is 19.0. The van der Waals surface area contributed by atoms with E-state index in [1.165, 1.54) is 3.97 Å². The molecule has 0 aliphatic rings. The highest BCUT2D eigenvalue weighted by Gasteiger charge is 2.24. The summed E-state index contributed by atoms with van der Waals surface area (Å²) in [6.07, 6.45) is 7.47. The number of fused-ring (bicyclic) bond motifs is 2. The first-order chi connectivity index (χ1) is 15.0. The molecular formula is C25H28N2O3S. The Hall–Kier alpha value is -2.86. The number of benzene rings is 2. The van der Waals surface area contributed by atoms with Gasteiger partial charge in [-0.1, -0.05) is 51.3 Å². The topological polar surface area (TPSA) is 61.2 Å². The summed E-state index contributed by atoms with van der Waals surface area (Å²) in [5.74, 6) is 1.34. The van der Waals surface area contributed by atoms with Gasteiger partial charge in [0.05, 0.1) is 18.1 Å². The van der Waals surface area contributed by atoms with Gasteiger partial charge in [0.15, 0.2) is 0 Å². The third-order valence-corrected chi connectivity index (χ3v) is 7.75. The van der Waals surface area contributed by atoms with E-state index in [4.69, 9.17) is 4.74 Å². The van der Waals surface area contributed by atoms with E-state index >= 15 is 0 Å². The molecule has 0 fully saturated rings. The summed E-state index contributed by atoms with van der Waals surface area (Å²) in [4.78, 5) is 4.55. The van der Waals surface area contributed by atoms with Gasteiger partial charge in [-0.05, 0) is 42.7 Å². The zero-order valence-electron chi connectivity index (χ0n) is 18.2. The first kappa shape index (κ1) is 21.4. The number of hydrogen-bond acceptors (Lipinski definition) is 4. The van der Waals surface area contributed by atoms with Gasteiger partial charge in [-0.15, -0.1) is 0 Å². The van der Waals surface area contributed by atoms with Gasteiger partial charge in [0.2, 0.25) is 0 Å². The van der Waals surface area contributed by atoms with Crippen molar-refractivity contribution < 1.29 is 13.2 Å². The quantitative estimate of drug-likeness (QED) is 0.350. The summed E-state index contributed by atoms with van der Waals surface area (Å²) in [6.45, 7) is 4.40. The third-order valence-electron chi connectivity index (χ3n) is 6.02. The molecule has 0 N–H and O–H groups in total. The van der Waals surface area contributed by atoms with Crippen molar-refractivity contribution in [3.63, 3.8) is 0 Å². The van der Waals surface area contributed by atoms with Crippen LogP contribution in [-0.2, 0) is 16.4 Å². The SMILES string of the molecule is CCCC(CC)Cc1c(OC)ccc2c1ccn2S(=O)(=O)c1cccc2cccnc12. The molecule has 31 heavy (non-hydrogen) atoms. The standard InChI is InChI=1S/C25H28N2O3S/c1-4-8-18(5-2)17-21-20-14-16-27(22(20)12-13-23(21)30-3)31(28,29)24-11-6-9-19-10-7-15-26-25(19)24/h6-7,9-16,18H,4-5,8,17H2,1-3H3. The lowest BCUT2D eigenvalue weighted by molar-refractivity contribution is 0.399. The molecule has 0 spiro atoms. The third kappa shape index (κ3) is 3.81. The van der Waals surface area contributed by atoms with E-state index in [0.29, 0.717) is 17.0 Å². The molecule has 1 atom stereocenters. The first-order valence-corrected chi connectivity index (χ1v) is 12.2. The number of hydrogen-bond donors (Lipinski definition) is 0. The van der Waals surface area contributed by atoms with Gasteiger partial charge in [-0.3, -0.25) is 4.98 Å². The molecule has 0 amide bonds. The fraction of sp³-hybridized carbons (Fsp3) is 0.320. The van der Waals surface area contributed by atoms with Crippen molar-refractivity contribution in [3.8, 4) is 5.75 Å². The second kappa shape index (κ2) is 8.71. The van der Waals surface area contributed by atoms with Crippen LogP contribution in [0, 0.1) is 5.92 Å². The van der Waals surface area contributed by atoms with Crippen molar-refractivity contribution in [2.24, 2.45) is 5.92 Å². The van der Waals surface area contributed by atoms with Gasteiger partial charge < -0.3 is 4.74 Å². The number of para-hydroxylation sites is 1. The molecule has 0 saturated carbocycles. The molecule has 0 saturated heterocycles. The summed E-state index contributed by atoms with van der Waals surface area (Å²) >= 11 is 0. The van der Waals surface area contributed by atoms with E-state index in [-0.39, 0.29) is 4.90 Å². The van der Waals surface area contributed by atoms with Gasteiger partial charge >= 0.3 is 0 Å². The summed E-state index contributed by atoms with van der Waals surface area (Å²) in [5, 5.41) is 1.72. The Kier molecular flexibility index (Phi) is 6.01. The minimum atomic E-state index is -3.82. The average Bonchev–Trinajstić information content (AvgIpc) is 3.24. The van der Waals surface area contributed by atoms with E-state index in [0.717, 1.165) is 47.8 Å². The maximum atomic E-state index is 13.7. The molecule has 2 aromatic carbocycles. The van der Waals surface area contributed by atoms with Gasteiger partial charge in [-0.25, -0.2) is 12.4 Å². The largest absolute Gasteiger partial charge is 0.496 e. The molecule has 0 bridgehead atoms. The lowest BCUT2D eigenvalue weighted by Gasteiger charge is -2.17. The highest BCUT2D eigenvalue weighted by Crippen LogP contribution is 2.34. The molecule has 5 nitrogen and oxygen atoms in total. The Balaban J connectivity index is 1.88. The van der Waals surface area contributed by atoms with E-state index in [1.54, 1.807) is 31.6 Å². The molecular weight excluding hydrogens is 408 g/mol. The van der Waals surface area contributed by atoms with Crippen LogP contribution in [0.1, 0.15) is 38.7 Å². The Labute approximate surface area is 183 Å². The van der Waals surface area contributed by atoms with Gasteiger partial charge in [0.25, 0.3) is 10.0 Å². The average molecular weight is 437 g/mol. The molecule has 162 valence electrons. The highest BCUT2D eigenvalue weighted by molar-refractivity contribution is 7.90. The summed E-state index contributed by atoms with van der Waals surface area (Å²) in [5.41, 5.74) is 2.22. The van der Waals surface area contributed by atoms with E-state index in [9.17, 15) is 8.42 Å².